The number of carboxylic acid groups (broad SMARTS) is 1. The first-order valence-electron chi connectivity index (χ1n) is 9.72. The molecule has 0 saturated carbocycles. The number of rotatable bonds is 10. The van der Waals surface area contributed by atoms with Crippen molar-refractivity contribution in [3.63, 3.8) is 0 Å². The summed E-state index contributed by atoms with van der Waals surface area (Å²) in [6.45, 7) is 7.84. The Morgan fingerprint density at radius 2 is 1.53 bits per heavy atom. The summed E-state index contributed by atoms with van der Waals surface area (Å²) in [5, 5.41) is 9.50. The first-order valence-corrected chi connectivity index (χ1v) is 9.72. The SMILES string of the molecule is CCC(=O)Oc1ccc(C(C(C)C(C)OC(C)=O)[C@H](N)C(=O)O)cc1OC(=O)CC. The first kappa shape index (κ1) is 25.1. The molecule has 0 bridgehead atoms. The minimum atomic E-state index is -1.32. The van der Waals surface area contributed by atoms with E-state index in [-0.39, 0.29) is 24.3 Å². The number of carboxylic acids is 1. The molecule has 3 N–H and O–H groups in total. The quantitative estimate of drug-likeness (QED) is 0.428. The molecule has 0 radical (unpaired) electrons. The fourth-order valence-corrected chi connectivity index (χ4v) is 2.94. The van der Waals surface area contributed by atoms with Crippen molar-refractivity contribution in [2.75, 3.05) is 0 Å². The van der Waals surface area contributed by atoms with Crippen LogP contribution in [0.5, 0.6) is 11.5 Å². The molecule has 1 aromatic carbocycles. The molecule has 4 atom stereocenters. The molecular weight excluding hydrogens is 394 g/mol. The molecule has 30 heavy (non-hydrogen) atoms. The Hall–Kier alpha value is -2.94. The van der Waals surface area contributed by atoms with Crippen LogP contribution in [0.15, 0.2) is 18.2 Å². The van der Waals surface area contributed by atoms with E-state index in [1.807, 2.05) is 0 Å². The number of hydrogen-bond acceptors (Lipinski definition) is 8. The van der Waals surface area contributed by atoms with E-state index in [2.05, 4.69) is 0 Å². The van der Waals surface area contributed by atoms with Crippen molar-refractivity contribution in [1.82, 2.24) is 0 Å². The molecule has 166 valence electrons. The highest BCUT2D eigenvalue weighted by Crippen LogP contribution is 2.37. The fourth-order valence-electron chi connectivity index (χ4n) is 2.94. The monoisotopic (exact) mass is 423 g/mol. The number of hydrogen-bond donors (Lipinski definition) is 2. The minimum Gasteiger partial charge on any atom is -0.480 e. The van der Waals surface area contributed by atoms with Crippen molar-refractivity contribution in [3.8, 4) is 11.5 Å². The molecule has 9 nitrogen and oxygen atoms in total. The van der Waals surface area contributed by atoms with Crippen LogP contribution in [0.25, 0.3) is 0 Å². The number of aliphatic carboxylic acids is 1. The predicted molar refractivity (Wildman–Crippen MR) is 107 cm³/mol. The van der Waals surface area contributed by atoms with Crippen molar-refractivity contribution >= 4 is 23.9 Å². The molecule has 0 aromatic heterocycles. The molecule has 9 heteroatoms. The number of ether oxygens (including phenoxy) is 3. The summed E-state index contributed by atoms with van der Waals surface area (Å²) < 4.78 is 15.7. The van der Waals surface area contributed by atoms with Gasteiger partial charge in [0.2, 0.25) is 0 Å². The zero-order valence-electron chi connectivity index (χ0n) is 17.8. The molecule has 0 aliphatic heterocycles. The van der Waals surface area contributed by atoms with Gasteiger partial charge < -0.3 is 25.1 Å². The molecule has 1 aromatic rings. The van der Waals surface area contributed by atoms with E-state index in [9.17, 15) is 24.3 Å². The zero-order chi connectivity index (χ0) is 23.0. The Bertz CT molecular complexity index is 791. The van der Waals surface area contributed by atoms with E-state index < -0.39 is 47.9 Å². The van der Waals surface area contributed by atoms with Gasteiger partial charge >= 0.3 is 23.9 Å². The van der Waals surface area contributed by atoms with Gasteiger partial charge in [0, 0.05) is 31.6 Å². The predicted octanol–water partition coefficient (Wildman–Crippen LogP) is 2.40. The summed E-state index contributed by atoms with van der Waals surface area (Å²) >= 11 is 0. The molecule has 3 unspecified atom stereocenters. The summed E-state index contributed by atoms with van der Waals surface area (Å²) in [5.41, 5.74) is 6.38. The van der Waals surface area contributed by atoms with E-state index in [1.165, 1.54) is 19.1 Å². The van der Waals surface area contributed by atoms with Crippen LogP contribution in [-0.4, -0.2) is 41.1 Å². The smallest absolute Gasteiger partial charge is 0.321 e. The first-order chi connectivity index (χ1) is 14.0. The maximum Gasteiger partial charge on any atom is 0.321 e. The summed E-state index contributed by atoms with van der Waals surface area (Å²) in [6.07, 6.45) is -0.424. The van der Waals surface area contributed by atoms with Crippen LogP contribution in [0, 0.1) is 5.92 Å². The van der Waals surface area contributed by atoms with Gasteiger partial charge in [0.05, 0.1) is 0 Å². The number of carbonyl (C=O) groups excluding carboxylic acids is 3. The Kier molecular flexibility index (Phi) is 9.45. The van der Waals surface area contributed by atoms with Gasteiger partial charge in [-0.1, -0.05) is 26.8 Å². The standard InChI is InChI=1S/C21H29NO8/c1-6-17(24)29-15-9-8-14(10-16(15)30-18(25)7-2)19(20(22)21(26)27)11(3)12(4)28-13(5)23/h8-12,19-20H,6-7,22H2,1-5H3,(H,26,27)/t11?,12?,19?,20-/m0/s1. The van der Waals surface area contributed by atoms with Gasteiger partial charge in [0.15, 0.2) is 11.5 Å². The molecule has 0 aliphatic carbocycles. The van der Waals surface area contributed by atoms with E-state index in [4.69, 9.17) is 19.9 Å². The lowest BCUT2D eigenvalue weighted by Gasteiger charge is -2.31. The highest BCUT2D eigenvalue weighted by atomic mass is 16.6. The molecular formula is C21H29NO8. The molecule has 1 rings (SSSR count). The third-order valence-corrected chi connectivity index (χ3v) is 4.71. The highest BCUT2D eigenvalue weighted by molar-refractivity contribution is 5.77. The summed E-state index contributed by atoms with van der Waals surface area (Å²) in [4.78, 5) is 46.5. The lowest BCUT2D eigenvalue weighted by molar-refractivity contribution is -0.148. The van der Waals surface area contributed by atoms with Crippen LogP contribution in [0.1, 0.15) is 58.9 Å². The Labute approximate surface area is 175 Å². The maximum absolute atomic E-state index is 11.8. The van der Waals surface area contributed by atoms with Crippen LogP contribution in [0.2, 0.25) is 0 Å². The molecule has 0 aliphatic rings. The Balaban J connectivity index is 3.45. The highest BCUT2D eigenvalue weighted by Gasteiger charge is 2.35. The Morgan fingerprint density at radius 1 is 1.00 bits per heavy atom. The second kappa shape index (κ2) is 11.3. The number of carbonyl (C=O) groups is 4. The van der Waals surface area contributed by atoms with E-state index in [0.717, 1.165) is 0 Å². The molecule has 0 amide bonds. The molecule has 0 heterocycles. The van der Waals surface area contributed by atoms with Gasteiger partial charge in [-0.2, -0.15) is 0 Å². The summed E-state index contributed by atoms with van der Waals surface area (Å²) in [5.74, 6) is -4.07. The van der Waals surface area contributed by atoms with Gasteiger partial charge in [-0.05, 0) is 24.6 Å². The lowest BCUT2D eigenvalue weighted by Crippen LogP contribution is -2.42. The lowest BCUT2D eigenvalue weighted by atomic mass is 9.79. The number of nitrogens with two attached hydrogens (primary N) is 1. The van der Waals surface area contributed by atoms with Gasteiger partial charge in [0.25, 0.3) is 0 Å². The second-order valence-electron chi connectivity index (χ2n) is 6.92. The zero-order valence-corrected chi connectivity index (χ0v) is 17.8. The fraction of sp³-hybridized carbons (Fsp3) is 0.524. The van der Waals surface area contributed by atoms with Crippen molar-refractivity contribution in [2.45, 2.75) is 65.5 Å². The molecule has 0 spiro atoms. The third kappa shape index (κ3) is 6.84. The average molecular weight is 423 g/mol. The largest absolute Gasteiger partial charge is 0.480 e. The molecule has 0 fully saturated rings. The number of benzene rings is 1. The van der Waals surface area contributed by atoms with Crippen molar-refractivity contribution in [2.24, 2.45) is 11.7 Å². The number of esters is 3. The normalized spacial score (nSPS) is 14.7. The van der Waals surface area contributed by atoms with Crippen LogP contribution in [-0.2, 0) is 23.9 Å². The molecule has 0 saturated heterocycles. The van der Waals surface area contributed by atoms with E-state index >= 15 is 0 Å². The van der Waals surface area contributed by atoms with Crippen molar-refractivity contribution in [1.29, 1.82) is 0 Å². The van der Waals surface area contributed by atoms with Gasteiger partial charge in [-0.15, -0.1) is 0 Å². The topological polar surface area (TPSA) is 142 Å². The maximum atomic E-state index is 11.8. The minimum absolute atomic E-state index is 0.0175. The van der Waals surface area contributed by atoms with Crippen molar-refractivity contribution in [3.05, 3.63) is 23.8 Å². The van der Waals surface area contributed by atoms with Gasteiger partial charge in [-0.25, -0.2) is 0 Å². The van der Waals surface area contributed by atoms with Crippen LogP contribution >= 0.6 is 0 Å². The van der Waals surface area contributed by atoms with Gasteiger partial charge in [0.1, 0.15) is 12.1 Å². The van der Waals surface area contributed by atoms with E-state index in [0.29, 0.717) is 5.56 Å². The average Bonchev–Trinajstić information content (AvgIpc) is 2.68. The summed E-state index contributed by atoms with van der Waals surface area (Å²) in [7, 11) is 0. The van der Waals surface area contributed by atoms with Crippen LogP contribution < -0.4 is 15.2 Å². The Morgan fingerprint density at radius 3 is 2.00 bits per heavy atom. The van der Waals surface area contributed by atoms with Crippen LogP contribution in [0.4, 0.5) is 0 Å². The van der Waals surface area contributed by atoms with E-state index in [1.54, 1.807) is 33.8 Å². The summed E-state index contributed by atoms with van der Waals surface area (Å²) in [6, 6.07) is 3.07. The third-order valence-electron chi connectivity index (χ3n) is 4.71. The second-order valence-corrected chi connectivity index (χ2v) is 6.92. The van der Waals surface area contributed by atoms with Crippen molar-refractivity contribution < 1.29 is 38.5 Å². The van der Waals surface area contributed by atoms with Crippen LogP contribution in [0.3, 0.4) is 0 Å². The van der Waals surface area contributed by atoms with Gasteiger partial charge in [-0.3, -0.25) is 19.2 Å².